The van der Waals surface area contributed by atoms with Crippen molar-refractivity contribution in [3.05, 3.63) is 89.6 Å². The number of carbonyl (C=O) groups is 1. The van der Waals surface area contributed by atoms with Gasteiger partial charge in [-0.05, 0) is 47.9 Å². The topological polar surface area (TPSA) is 60.1 Å². The number of amides is 1. The number of aryl methyl sites for hydroxylation is 1. The van der Waals surface area contributed by atoms with Crippen molar-refractivity contribution in [1.29, 1.82) is 0 Å². The predicted molar refractivity (Wildman–Crippen MR) is 99.9 cm³/mol. The molecule has 5 nitrogen and oxygen atoms in total. The lowest BCUT2D eigenvalue weighted by atomic mass is 10.1. The molecule has 3 heterocycles. The highest BCUT2D eigenvalue weighted by atomic mass is 16.3. The lowest BCUT2D eigenvalue weighted by molar-refractivity contribution is 0.0942. The van der Waals surface area contributed by atoms with Gasteiger partial charge in [-0.15, -0.1) is 0 Å². The summed E-state index contributed by atoms with van der Waals surface area (Å²) in [6.07, 6.45) is 5.09. The van der Waals surface area contributed by atoms with Crippen LogP contribution in [0, 0.1) is 6.92 Å². The van der Waals surface area contributed by atoms with Crippen molar-refractivity contribution in [2.75, 3.05) is 0 Å². The van der Waals surface area contributed by atoms with E-state index in [1.807, 2.05) is 41.0 Å². The first-order chi connectivity index (χ1) is 12.7. The van der Waals surface area contributed by atoms with Crippen LogP contribution in [0.5, 0.6) is 0 Å². The average molecular weight is 345 g/mol. The lowest BCUT2D eigenvalue weighted by Crippen LogP contribution is -2.25. The lowest BCUT2D eigenvalue weighted by Gasteiger charge is -2.12. The number of nitrogens with zero attached hydrogens (tertiary/aromatic N) is 2. The monoisotopic (exact) mass is 345 g/mol. The fourth-order valence-corrected chi connectivity index (χ4v) is 3.05. The van der Waals surface area contributed by atoms with Gasteiger partial charge in [-0.3, -0.25) is 9.78 Å². The van der Waals surface area contributed by atoms with E-state index in [0.717, 1.165) is 16.5 Å². The van der Waals surface area contributed by atoms with Crippen LogP contribution in [0.2, 0.25) is 0 Å². The Balaban J connectivity index is 1.63. The van der Waals surface area contributed by atoms with Crippen LogP contribution < -0.4 is 5.32 Å². The molecule has 4 rings (SSSR count). The van der Waals surface area contributed by atoms with Gasteiger partial charge in [-0.2, -0.15) is 0 Å². The molecule has 0 aliphatic heterocycles. The van der Waals surface area contributed by atoms with Crippen molar-refractivity contribution < 1.29 is 9.21 Å². The number of hydrogen-bond acceptors (Lipinski definition) is 3. The zero-order valence-electron chi connectivity index (χ0n) is 14.5. The van der Waals surface area contributed by atoms with Crippen molar-refractivity contribution in [3.63, 3.8) is 0 Å². The molecular weight excluding hydrogens is 326 g/mol. The highest BCUT2D eigenvalue weighted by Gasteiger charge is 2.18. The molecule has 3 aromatic heterocycles. The molecule has 26 heavy (non-hydrogen) atoms. The van der Waals surface area contributed by atoms with Crippen molar-refractivity contribution in [1.82, 2.24) is 14.9 Å². The van der Waals surface area contributed by atoms with Gasteiger partial charge in [0.15, 0.2) is 0 Å². The maximum absolute atomic E-state index is 12.8. The molecule has 4 aromatic rings. The number of hydrogen-bond donors (Lipinski definition) is 1. The number of fused-ring (bicyclic) bond motifs is 1. The van der Waals surface area contributed by atoms with E-state index in [9.17, 15) is 4.79 Å². The molecule has 1 aromatic carbocycles. The van der Waals surface area contributed by atoms with Crippen LogP contribution in [0.3, 0.4) is 0 Å². The molecule has 1 amide bonds. The van der Waals surface area contributed by atoms with Crippen LogP contribution >= 0.6 is 0 Å². The molecule has 1 N–H and O–H groups in total. The molecule has 130 valence electrons. The number of pyridine rings is 1. The highest BCUT2D eigenvalue weighted by molar-refractivity contribution is 5.97. The van der Waals surface area contributed by atoms with E-state index in [-0.39, 0.29) is 5.91 Å². The second-order valence-electron chi connectivity index (χ2n) is 6.26. The molecule has 0 bridgehead atoms. The summed E-state index contributed by atoms with van der Waals surface area (Å²) in [5.41, 5.74) is 4.65. The van der Waals surface area contributed by atoms with E-state index in [4.69, 9.17) is 4.42 Å². The normalized spacial score (nSPS) is 11.0. The Bertz CT molecular complexity index is 1050. The van der Waals surface area contributed by atoms with E-state index < -0.39 is 0 Å². The third-order valence-corrected chi connectivity index (χ3v) is 4.53. The standard InChI is InChI=1S/C21H19N3O2/c1-15-4-2-3-5-18(15)14-24-19(12-17-8-11-26-21(17)24)20(25)23-13-16-6-9-22-10-7-16/h2-12H,13-14H2,1H3,(H,23,25). The van der Waals surface area contributed by atoms with E-state index in [2.05, 4.69) is 29.4 Å². The molecule has 0 spiro atoms. The van der Waals surface area contributed by atoms with Gasteiger partial charge < -0.3 is 14.3 Å². The largest absolute Gasteiger partial charge is 0.448 e. The molecule has 0 radical (unpaired) electrons. The molecule has 0 saturated carbocycles. The Morgan fingerprint density at radius 1 is 1.15 bits per heavy atom. The van der Waals surface area contributed by atoms with Crippen LogP contribution in [-0.2, 0) is 13.1 Å². The average Bonchev–Trinajstić information content (AvgIpc) is 3.25. The first-order valence-corrected chi connectivity index (χ1v) is 8.51. The first kappa shape index (κ1) is 16.1. The Kier molecular flexibility index (Phi) is 4.27. The second kappa shape index (κ2) is 6.88. The first-order valence-electron chi connectivity index (χ1n) is 8.51. The van der Waals surface area contributed by atoms with Crippen LogP contribution in [0.1, 0.15) is 27.2 Å². The van der Waals surface area contributed by atoms with Crippen molar-refractivity contribution >= 4 is 17.0 Å². The number of nitrogens with one attached hydrogen (secondary N) is 1. The maximum Gasteiger partial charge on any atom is 0.268 e. The quantitative estimate of drug-likeness (QED) is 0.596. The minimum absolute atomic E-state index is 0.123. The molecule has 0 fully saturated rings. The van der Waals surface area contributed by atoms with Gasteiger partial charge in [-0.25, -0.2) is 0 Å². The molecule has 0 unspecified atom stereocenters. The van der Waals surface area contributed by atoms with Crippen LogP contribution in [0.15, 0.2) is 71.6 Å². The summed E-state index contributed by atoms with van der Waals surface area (Å²) >= 11 is 0. The van der Waals surface area contributed by atoms with E-state index in [1.54, 1.807) is 18.7 Å². The Morgan fingerprint density at radius 3 is 2.77 bits per heavy atom. The Morgan fingerprint density at radius 2 is 1.96 bits per heavy atom. The van der Waals surface area contributed by atoms with Gasteiger partial charge >= 0.3 is 0 Å². The summed E-state index contributed by atoms with van der Waals surface area (Å²) in [6, 6.07) is 15.7. The van der Waals surface area contributed by atoms with Crippen molar-refractivity contribution in [2.45, 2.75) is 20.0 Å². The van der Waals surface area contributed by atoms with E-state index in [0.29, 0.717) is 24.5 Å². The van der Waals surface area contributed by atoms with Gasteiger partial charge in [0.25, 0.3) is 5.91 Å². The van der Waals surface area contributed by atoms with Gasteiger partial charge in [0.05, 0.1) is 12.8 Å². The van der Waals surface area contributed by atoms with Gasteiger partial charge in [-0.1, -0.05) is 24.3 Å². The molecule has 0 aliphatic rings. The molecule has 0 atom stereocenters. The number of aromatic nitrogens is 2. The summed E-state index contributed by atoms with van der Waals surface area (Å²) in [4.78, 5) is 16.8. The summed E-state index contributed by atoms with van der Waals surface area (Å²) in [6.45, 7) is 3.11. The molecular formula is C21H19N3O2. The van der Waals surface area contributed by atoms with Gasteiger partial charge in [0.1, 0.15) is 5.69 Å². The third kappa shape index (κ3) is 3.11. The zero-order chi connectivity index (χ0) is 17.9. The zero-order valence-corrected chi connectivity index (χ0v) is 14.5. The van der Waals surface area contributed by atoms with Crippen LogP contribution in [0.25, 0.3) is 11.1 Å². The summed E-state index contributed by atoms with van der Waals surface area (Å²) < 4.78 is 7.56. The van der Waals surface area contributed by atoms with E-state index >= 15 is 0 Å². The minimum atomic E-state index is -0.123. The van der Waals surface area contributed by atoms with Crippen molar-refractivity contribution in [3.8, 4) is 0 Å². The maximum atomic E-state index is 12.8. The number of benzene rings is 1. The highest BCUT2D eigenvalue weighted by Crippen LogP contribution is 2.23. The van der Waals surface area contributed by atoms with Gasteiger partial charge in [0, 0.05) is 24.3 Å². The van der Waals surface area contributed by atoms with Crippen LogP contribution in [-0.4, -0.2) is 15.5 Å². The van der Waals surface area contributed by atoms with Crippen molar-refractivity contribution in [2.24, 2.45) is 0 Å². The molecule has 5 heteroatoms. The summed E-state index contributed by atoms with van der Waals surface area (Å²) in [5.74, 6) is -0.123. The number of carbonyl (C=O) groups excluding carboxylic acids is 1. The number of furan rings is 1. The summed E-state index contributed by atoms with van der Waals surface area (Å²) in [5, 5.41) is 3.90. The molecule has 0 saturated heterocycles. The third-order valence-electron chi connectivity index (χ3n) is 4.53. The Hall–Kier alpha value is -3.34. The Labute approximate surface area is 151 Å². The molecule has 0 aliphatic carbocycles. The predicted octanol–water partition coefficient (Wildman–Crippen LogP) is 3.92. The van der Waals surface area contributed by atoms with Gasteiger partial charge in [0.2, 0.25) is 5.71 Å². The minimum Gasteiger partial charge on any atom is -0.448 e. The SMILES string of the molecule is Cc1ccccc1Cn1c(C(=O)NCc2ccncc2)cc2ccoc21. The second-order valence-corrected chi connectivity index (χ2v) is 6.26. The van der Waals surface area contributed by atoms with E-state index in [1.165, 1.54) is 5.56 Å². The van der Waals surface area contributed by atoms with Crippen LogP contribution in [0.4, 0.5) is 0 Å². The fraction of sp³-hybridized carbons (Fsp3) is 0.143. The number of rotatable bonds is 5. The fourth-order valence-electron chi connectivity index (χ4n) is 3.05. The smallest absolute Gasteiger partial charge is 0.268 e. The summed E-state index contributed by atoms with van der Waals surface area (Å²) in [7, 11) is 0.